The van der Waals surface area contributed by atoms with Crippen LogP contribution in [-0.2, 0) is 24.0 Å². The summed E-state index contributed by atoms with van der Waals surface area (Å²) in [7, 11) is -4.02. The van der Waals surface area contributed by atoms with Crippen molar-refractivity contribution in [2.75, 3.05) is 6.61 Å². The Hall–Kier alpha value is -0.260. The van der Waals surface area contributed by atoms with E-state index in [2.05, 4.69) is 22.6 Å². The predicted molar refractivity (Wildman–Crippen MR) is 90.2 cm³/mol. The summed E-state index contributed by atoms with van der Waals surface area (Å²) in [6, 6.07) is 7.76. The molecular weight excluding hydrogens is 421 g/mol. The molecule has 2 atom stereocenters. The Labute approximate surface area is 144 Å². The molecule has 1 heterocycles. The van der Waals surface area contributed by atoms with Crippen LogP contribution in [0.4, 0.5) is 0 Å². The molecule has 0 spiro atoms. The van der Waals surface area contributed by atoms with Crippen molar-refractivity contribution in [1.29, 1.82) is 0 Å². The van der Waals surface area contributed by atoms with E-state index in [1.165, 1.54) is 0 Å². The van der Waals surface area contributed by atoms with Gasteiger partial charge in [0.25, 0.3) is 0 Å². The zero-order valence-corrected chi connectivity index (χ0v) is 15.5. The third kappa shape index (κ3) is 4.18. The number of rotatable bonds is 6. The normalized spacial score (nSPS) is 24.5. The van der Waals surface area contributed by atoms with E-state index in [1.807, 2.05) is 38.1 Å². The Bertz CT molecular complexity index is 617. The zero-order chi connectivity index (χ0) is 16.4. The highest BCUT2D eigenvalue weighted by Gasteiger charge is 2.46. The first-order valence-electron chi connectivity index (χ1n) is 7.07. The molecule has 2 N–H and O–H groups in total. The second kappa shape index (κ2) is 7.10. The number of nitrogens with two attached hydrogens (primary N) is 1. The van der Waals surface area contributed by atoms with Gasteiger partial charge in [-0.3, -0.25) is 4.18 Å². The number of hydrogen-bond donors (Lipinski definition) is 1. The fourth-order valence-electron chi connectivity index (χ4n) is 2.51. The second-order valence-corrected chi connectivity index (χ2v) is 7.49. The summed E-state index contributed by atoms with van der Waals surface area (Å²) in [6.45, 7) is 3.77. The second-order valence-electron chi connectivity index (χ2n) is 5.11. The molecule has 0 aromatic heterocycles. The Balaban J connectivity index is 2.29. The van der Waals surface area contributed by atoms with Crippen LogP contribution in [0.15, 0.2) is 24.3 Å². The smallest absolute Gasteiger partial charge is 0.333 e. The van der Waals surface area contributed by atoms with Gasteiger partial charge < -0.3 is 9.47 Å². The van der Waals surface area contributed by atoms with Gasteiger partial charge in [-0.1, -0.05) is 32.0 Å². The quantitative estimate of drug-likeness (QED) is 0.686. The van der Waals surface area contributed by atoms with Gasteiger partial charge in [0.15, 0.2) is 5.79 Å². The van der Waals surface area contributed by atoms with E-state index in [1.54, 1.807) is 0 Å². The molecule has 0 unspecified atom stereocenters. The van der Waals surface area contributed by atoms with Crippen LogP contribution < -0.4 is 5.14 Å². The first-order chi connectivity index (χ1) is 10.3. The van der Waals surface area contributed by atoms with Crippen LogP contribution in [0.3, 0.4) is 0 Å². The minimum absolute atomic E-state index is 0.170. The molecule has 1 aliphatic rings. The average Bonchev–Trinajstić information content (AvgIpc) is 2.85. The Morgan fingerprint density at radius 1 is 1.27 bits per heavy atom. The van der Waals surface area contributed by atoms with Gasteiger partial charge >= 0.3 is 10.3 Å². The fraction of sp³-hybridized carbons (Fsp3) is 0.571. The minimum Gasteiger partial charge on any atom is -0.341 e. The minimum atomic E-state index is -4.02. The highest BCUT2D eigenvalue weighted by atomic mass is 127. The summed E-state index contributed by atoms with van der Waals surface area (Å²) in [5.74, 6) is -0.726. The molecule has 22 heavy (non-hydrogen) atoms. The summed E-state index contributed by atoms with van der Waals surface area (Å²) < 4.78 is 40.0. The number of hydrogen-bond acceptors (Lipinski definition) is 5. The molecule has 0 aliphatic carbocycles. The number of ether oxygens (including phenoxy) is 2. The molecule has 1 saturated heterocycles. The molecule has 124 valence electrons. The first kappa shape index (κ1) is 18.1. The van der Waals surface area contributed by atoms with E-state index < -0.39 is 28.3 Å². The standard InChI is InChI=1S/C14H20INO5S/c1-3-14(4-2)20-12(9-19-22(16,17)18)13(21-14)10-7-5-6-8-11(10)15/h5-8,12-13H,3-4,9H2,1-2H3,(H2,16,17,18)/t12-,13-/m1/s1. The Morgan fingerprint density at radius 2 is 1.91 bits per heavy atom. The molecule has 1 fully saturated rings. The van der Waals surface area contributed by atoms with Gasteiger partial charge in [0.1, 0.15) is 12.2 Å². The molecule has 0 bridgehead atoms. The van der Waals surface area contributed by atoms with Crippen LogP contribution in [0.1, 0.15) is 38.4 Å². The van der Waals surface area contributed by atoms with Crippen LogP contribution in [0.2, 0.25) is 0 Å². The van der Waals surface area contributed by atoms with Crippen LogP contribution in [0.25, 0.3) is 0 Å². The first-order valence-corrected chi connectivity index (χ1v) is 9.62. The van der Waals surface area contributed by atoms with Crippen molar-refractivity contribution in [2.45, 2.75) is 44.7 Å². The van der Waals surface area contributed by atoms with Crippen molar-refractivity contribution in [2.24, 2.45) is 5.14 Å². The molecular formula is C14H20INO5S. The van der Waals surface area contributed by atoms with Gasteiger partial charge in [-0.2, -0.15) is 8.42 Å². The van der Waals surface area contributed by atoms with Crippen molar-refractivity contribution in [3.05, 3.63) is 33.4 Å². The average molecular weight is 441 g/mol. The van der Waals surface area contributed by atoms with Crippen molar-refractivity contribution in [1.82, 2.24) is 0 Å². The fourth-order valence-corrected chi connectivity index (χ4v) is 3.53. The van der Waals surface area contributed by atoms with Crippen molar-refractivity contribution in [3.63, 3.8) is 0 Å². The highest BCUT2D eigenvalue weighted by Crippen LogP contribution is 2.43. The molecule has 6 nitrogen and oxygen atoms in total. The summed E-state index contributed by atoms with van der Waals surface area (Å²) in [5, 5.41) is 4.91. The van der Waals surface area contributed by atoms with E-state index in [4.69, 9.17) is 18.8 Å². The molecule has 0 radical (unpaired) electrons. The van der Waals surface area contributed by atoms with Gasteiger partial charge in [0.05, 0.1) is 6.61 Å². The maximum atomic E-state index is 11.1. The van der Waals surface area contributed by atoms with E-state index >= 15 is 0 Å². The van der Waals surface area contributed by atoms with Crippen LogP contribution in [0.5, 0.6) is 0 Å². The van der Waals surface area contributed by atoms with Crippen LogP contribution in [-0.4, -0.2) is 26.9 Å². The van der Waals surface area contributed by atoms with Crippen molar-refractivity contribution < 1.29 is 22.1 Å². The van der Waals surface area contributed by atoms with Crippen LogP contribution in [0, 0.1) is 3.57 Å². The third-order valence-corrected chi connectivity index (χ3v) is 5.18. The monoisotopic (exact) mass is 441 g/mol. The maximum absolute atomic E-state index is 11.1. The summed E-state index contributed by atoms with van der Waals surface area (Å²) in [4.78, 5) is 0. The zero-order valence-electron chi connectivity index (χ0n) is 12.5. The SMILES string of the molecule is CCC1(CC)O[C@H](c2ccccc2I)[C@@H](COS(N)(=O)=O)O1. The molecule has 1 aromatic rings. The van der Waals surface area contributed by atoms with Gasteiger partial charge in [-0.15, -0.1) is 0 Å². The van der Waals surface area contributed by atoms with E-state index in [9.17, 15) is 8.42 Å². The Kier molecular flexibility index (Phi) is 5.84. The number of halogens is 1. The summed E-state index contributed by atoms with van der Waals surface area (Å²) in [6.07, 6.45) is 0.397. The Morgan fingerprint density at radius 3 is 2.45 bits per heavy atom. The van der Waals surface area contributed by atoms with Gasteiger partial charge in [0, 0.05) is 3.57 Å². The lowest BCUT2D eigenvalue weighted by atomic mass is 10.1. The van der Waals surface area contributed by atoms with Gasteiger partial charge in [0.2, 0.25) is 0 Å². The van der Waals surface area contributed by atoms with E-state index in [0.29, 0.717) is 12.8 Å². The molecule has 2 rings (SSSR count). The van der Waals surface area contributed by atoms with E-state index in [-0.39, 0.29) is 6.61 Å². The van der Waals surface area contributed by atoms with Crippen molar-refractivity contribution in [3.8, 4) is 0 Å². The topological polar surface area (TPSA) is 87.9 Å². The molecule has 0 saturated carbocycles. The van der Waals surface area contributed by atoms with Crippen molar-refractivity contribution >= 4 is 32.9 Å². The largest absolute Gasteiger partial charge is 0.341 e. The number of benzene rings is 1. The lowest BCUT2D eigenvalue weighted by Crippen LogP contribution is -2.31. The molecule has 8 heteroatoms. The van der Waals surface area contributed by atoms with Gasteiger partial charge in [-0.25, -0.2) is 5.14 Å². The van der Waals surface area contributed by atoms with Crippen LogP contribution >= 0.6 is 22.6 Å². The third-order valence-electron chi connectivity index (χ3n) is 3.73. The molecule has 1 aliphatic heterocycles. The maximum Gasteiger partial charge on any atom is 0.333 e. The molecule has 1 aromatic carbocycles. The van der Waals surface area contributed by atoms with Gasteiger partial charge in [-0.05, 0) is 47.1 Å². The lowest BCUT2D eigenvalue weighted by Gasteiger charge is -2.25. The van der Waals surface area contributed by atoms with E-state index in [0.717, 1.165) is 9.13 Å². The summed E-state index contributed by atoms with van der Waals surface area (Å²) >= 11 is 2.22. The lowest BCUT2D eigenvalue weighted by molar-refractivity contribution is -0.181. The highest BCUT2D eigenvalue weighted by molar-refractivity contribution is 14.1. The predicted octanol–water partition coefficient (Wildman–Crippen LogP) is 2.48. The molecule has 0 amide bonds. The summed E-state index contributed by atoms with van der Waals surface area (Å²) in [5.41, 5.74) is 0.954.